The van der Waals surface area contributed by atoms with Crippen LogP contribution >= 0.6 is 0 Å². The lowest BCUT2D eigenvalue weighted by Crippen LogP contribution is -2.37. The Morgan fingerprint density at radius 1 is 1.08 bits per heavy atom. The van der Waals surface area contributed by atoms with E-state index in [0.29, 0.717) is 62.8 Å². The Morgan fingerprint density at radius 3 is 2.19 bits per heavy atom. The summed E-state index contributed by atoms with van der Waals surface area (Å²) >= 11 is 0. The third kappa shape index (κ3) is 8.62. The van der Waals surface area contributed by atoms with E-state index in [4.69, 9.17) is 29.8 Å². The predicted molar refractivity (Wildman–Crippen MR) is 166 cm³/mol. The highest BCUT2D eigenvalue weighted by Crippen LogP contribution is 2.40. The maximum absolute atomic E-state index is 13.9. The molecule has 264 valence electrons. The Balaban J connectivity index is 0.000000804. The third-order valence-electron chi connectivity index (χ3n) is 7.46. The summed E-state index contributed by atoms with van der Waals surface area (Å²) in [6, 6.07) is 5.42. The van der Waals surface area contributed by atoms with Crippen LogP contribution < -0.4 is 29.7 Å². The van der Waals surface area contributed by atoms with Crippen molar-refractivity contribution in [1.29, 1.82) is 0 Å². The molecule has 1 saturated heterocycles. The predicted octanol–water partition coefficient (Wildman–Crippen LogP) is 1.80. The first-order valence-corrected chi connectivity index (χ1v) is 15.4. The number of nitrogens with two attached hydrogens (primary N) is 1. The first-order chi connectivity index (χ1) is 22.5. The second kappa shape index (κ2) is 15.5. The first-order valence-electron chi connectivity index (χ1n) is 15.4. The van der Waals surface area contributed by atoms with Gasteiger partial charge in [0, 0.05) is 48.5 Å². The molecule has 0 radical (unpaired) electrons. The molecule has 1 fully saturated rings. The molecular formula is C31H42F3N7O7. The van der Waals surface area contributed by atoms with Gasteiger partial charge in [-0.1, -0.05) is 30.4 Å². The minimum absolute atomic E-state index is 0.0784. The number of ether oxygens (including phenoxy) is 3. The fraction of sp³-hybridized carbons (Fsp3) is 0.548. The number of carbonyl (C=O) groups excluding carboxylic acids is 3. The Hall–Kier alpha value is -4.67. The van der Waals surface area contributed by atoms with Crippen LogP contribution in [0.25, 0.3) is 5.65 Å². The molecule has 14 nitrogen and oxygen atoms in total. The van der Waals surface area contributed by atoms with E-state index in [1.807, 2.05) is 32.9 Å². The number of ketones is 1. The number of carbonyl (C=O) groups is 3. The molecule has 4 rings (SSSR count). The highest BCUT2D eigenvalue weighted by atomic mass is 19.4. The zero-order valence-corrected chi connectivity index (χ0v) is 28.1. The second-order valence-electron chi connectivity index (χ2n) is 11.7. The molecule has 2 aromatic heterocycles. The number of fused-ring (bicyclic) bond motifs is 1. The van der Waals surface area contributed by atoms with E-state index >= 15 is 0 Å². The number of methoxy groups -OCH3 is 1. The minimum Gasteiger partial charge on any atom is -0.542 e. The number of halogens is 3. The van der Waals surface area contributed by atoms with E-state index in [-0.39, 0.29) is 35.5 Å². The molecule has 0 atom stereocenters. The van der Waals surface area contributed by atoms with E-state index in [1.165, 1.54) is 9.20 Å². The van der Waals surface area contributed by atoms with Crippen molar-refractivity contribution in [2.75, 3.05) is 63.7 Å². The summed E-state index contributed by atoms with van der Waals surface area (Å²) in [5.41, 5.74) is 8.95. The fourth-order valence-corrected chi connectivity index (χ4v) is 5.02. The Kier molecular flexibility index (Phi) is 12.2. The van der Waals surface area contributed by atoms with Gasteiger partial charge in [-0.3, -0.25) is 9.59 Å². The molecule has 0 unspecified atom stereocenters. The van der Waals surface area contributed by atoms with Gasteiger partial charge in [0.15, 0.2) is 12.3 Å². The molecule has 0 spiro atoms. The normalized spacial score (nSPS) is 13.5. The smallest absolute Gasteiger partial charge is 0.430 e. The molecular weight excluding hydrogens is 639 g/mol. The van der Waals surface area contributed by atoms with Gasteiger partial charge < -0.3 is 39.6 Å². The summed E-state index contributed by atoms with van der Waals surface area (Å²) in [4.78, 5) is 39.8. The Bertz CT molecular complexity index is 1630. The summed E-state index contributed by atoms with van der Waals surface area (Å²) in [6.07, 6.45) is -5.19. The third-order valence-corrected chi connectivity index (χ3v) is 7.46. The number of anilines is 2. The molecule has 1 aromatic carbocycles. The molecule has 1 aliphatic heterocycles. The summed E-state index contributed by atoms with van der Waals surface area (Å²) in [7, 11) is 1.66. The van der Waals surface area contributed by atoms with Crippen LogP contribution in [0.2, 0.25) is 0 Å². The topological polar surface area (TPSA) is 169 Å². The van der Waals surface area contributed by atoms with Gasteiger partial charge >= 0.3 is 12.1 Å². The number of Topliss-reactive ketones (excluding diaryl/α,β-unsaturated/α-hetero) is 1. The molecule has 1 amide bonds. The van der Waals surface area contributed by atoms with Crippen molar-refractivity contribution in [2.24, 2.45) is 0 Å². The molecule has 48 heavy (non-hydrogen) atoms. The highest BCUT2D eigenvalue weighted by molar-refractivity contribution is 5.99. The lowest BCUT2D eigenvalue weighted by molar-refractivity contribution is -0.567. The van der Waals surface area contributed by atoms with Crippen molar-refractivity contribution in [2.45, 2.75) is 59.7 Å². The number of morpholine rings is 1. The molecule has 1 aliphatic rings. The van der Waals surface area contributed by atoms with Crippen molar-refractivity contribution in [3.8, 4) is 11.6 Å². The Labute approximate surface area is 276 Å². The van der Waals surface area contributed by atoms with Crippen LogP contribution in [0.3, 0.4) is 0 Å². The molecule has 3 aromatic rings. The number of alkyl halides is 3. The number of benzene rings is 1. The zero-order chi connectivity index (χ0) is 36.0. The monoisotopic (exact) mass is 681 g/mol. The van der Waals surface area contributed by atoms with Gasteiger partial charge in [0.25, 0.3) is 17.4 Å². The number of aliphatic carboxylic acids is 1. The van der Waals surface area contributed by atoms with Gasteiger partial charge in [0.1, 0.15) is 17.3 Å². The molecule has 17 heteroatoms. The lowest BCUT2D eigenvalue weighted by Gasteiger charge is -2.33. The van der Waals surface area contributed by atoms with Crippen molar-refractivity contribution < 1.29 is 51.4 Å². The zero-order valence-electron chi connectivity index (χ0n) is 28.1. The summed E-state index contributed by atoms with van der Waals surface area (Å²) in [5.74, 6) is -2.39. The number of rotatable bonds is 10. The molecule has 3 heterocycles. The standard InChI is InChI=1S/C29H41N7O5.C2HF3O2/c1-8-33(9-2)27(38)20-17-24-35(32-28(30)36(24)31-26(20)41-10-3)18-23(37)19-15-21(29(4,5)6)25(39-7)22(16-19)34-11-13-40-14-12-34;3-2(4,5)1(6)7/h15-17H,8-14,18H2,1-7H3,(H-,30,31,32,38);(H,6,7). The van der Waals surface area contributed by atoms with Crippen LogP contribution in [-0.4, -0.2) is 96.7 Å². The Morgan fingerprint density at radius 2 is 1.69 bits per heavy atom. The minimum atomic E-state index is -5.19. The number of carboxylic acids is 1. The fourth-order valence-electron chi connectivity index (χ4n) is 5.02. The van der Waals surface area contributed by atoms with Crippen molar-refractivity contribution >= 4 is 34.9 Å². The van der Waals surface area contributed by atoms with Gasteiger partial charge in [-0.15, -0.1) is 4.68 Å². The van der Waals surface area contributed by atoms with E-state index in [2.05, 4.69) is 35.9 Å². The number of nitrogen functional groups attached to an aromatic ring is 1. The molecule has 0 bridgehead atoms. The maximum Gasteiger partial charge on any atom is 0.430 e. The van der Waals surface area contributed by atoms with Crippen molar-refractivity contribution in [1.82, 2.24) is 19.8 Å². The average Bonchev–Trinajstić information content (AvgIpc) is 3.33. The van der Waals surface area contributed by atoms with Gasteiger partial charge in [-0.25, -0.2) is 0 Å². The molecule has 0 saturated carbocycles. The van der Waals surface area contributed by atoms with Crippen LogP contribution in [0, 0.1) is 0 Å². The molecule has 0 aliphatic carbocycles. The van der Waals surface area contributed by atoms with E-state index in [1.54, 1.807) is 18.1 Å². The average molecular weight is 682 g/mol. The van der Waals surface area contributed by atoms with Crippen LogP contribution in [0.1, 0.15) is 67.8 Å². The number of aromatic nitrogens is 4. The van der Waals surface area contributed by atoms with E-state index in [9.17, 15) is 22.8 Å². The summed E-state index contributed by atoms with van der Waals surface area (Å²) in [6.45, 7) is 15.8. The summed E-state index contributed by atoms with van der Waals surface area (Å²) < 4.78 is 51.6. The second-order valence-corrected chi connectivity index (χ2v) is 11.7. The van der Waals surface area contributed by atoms with Gasteiger partial charge in [0.2, 0.25) is 0 Å². The first kappa shape index (κ1) is 37.8. The van der Waals surface area contributed by atoms with E-state index in [0.717, 1.165) is 17.0 Å². The lowest BCUT2D eigenvalue weighted by atomic mass is 9.84. The number of nitrogens with zero attached hydrogens (tertiary/aromatic N) is 6. The van der Waals surface area contributed by atoms with Crippen LogP contribution in [0.15, 0.2) is 18.2 Å². The van der Waals surface area contributed by atoms with Crippen LogP contribution in [-0.2, 0) is 21.5 Å². The highest BCUT2D eigenvalue weighted by Gasteiger charge is 2.31. The molecule has 2 N–H and O–H groups in total. The largest absolute Gasteiger partial charge is 0.542 e. The van der Waals surface area contributed by atoms with E-state index < -0.39 is 12.1 Å². The van der Waals surface area contributed by atoms with Gasteiger partial charge in [-0.2, -0.15) is 13.2 Å². The number of amides is 1. The SMILES string of the molecule is CCOc1n[n+]2c(N)nn(CC(=O)c3cc(N4CCOCC4)c(OC)c(C(C)(C)C)c3)c2cc1C(=O)N(CC)CC.O=C([O-])C(F)(F)F. The quantitative estimate of drug-likeness (QED) is 0.245. The van der Waals surface area contributed by atoms with Crippen LogP contribution in [0.4, 0.5) is 24.8 Å². The number of carboxylic acid groups (broad SMARTS) is 1. The number of hydrogen-bond donors (Lipinski definition) is 1. The van der Waals surface area contributed by atoms with Crippen LogP contribution in [0.5, 0.6) is 11.6 Å². The van der Waals surface area contributed by atoms with Crippen molar-refractivity contribution in [3.05, 3.63) is 34.9 Å². The number of hydrogen-bond acceptors (Lipinski definition) is 11. The maximum atomic E-state index is 13.9. The van der Waals surface area contributed by atoms with Crippen molar-refractivity contribution in [3.63, 3.8) is 0 Å². The van der Waals surface area contributed by atoms with Gasteiger partial charge in [0.05, 0.1) is 32.6 Å². The summed E-state index contributed by atoms with van der Waals surface area (Å²) in [5, 5.41) is 17.7. The van der Waals surface area contributed by atoms with Gasteiger partial charge in [-0.05, 0) is 38.3 Å².